The predicted octanol–water partition coefficient (Wildman–Crippen LogP) is 3.43. The molecule has 0 unspecified atom stereocenters. The number of nitrogens with two attached hydrogens (primary N) is 1. The van der Waals surface area contributed by atoms with E-state index in [4.69, 9.17) is 16.0 Å². The quantitative estimate of drug-likeness (QED) is 0.816. The number of aryl methyl sites for hydroxylation is 1. The van der Waals surface area contributed by atoms with Crippen LogP contribution in [-0.4, -0.2) is 21.8 Å². The third kappa shape index (κ3) is 3.36. The summed E-state index contributed by atoms with van der Waals surface area (Å²) < 4.78 is 0. The molecule has 1 aliphatic heterocycles. The fourth-order valence-electron chi connectivity index (χ4n) is 4.02. The molecule has 0 saturated carbocycles. The maximum atomic E-state index is 12.6. The number of anilines is 1. The van der Waals surface area contributed by atoms with Crippen molar-refractivity contribution in [2.75, 3.05) is 11.1 Å². The van der Waals surface area contributed by atoms with Gasteiger partial charge in [-0.25, -0.2) is 4.98 Å². The number of aliphatic imine (C=N–C) groups is 1. The molecule has 4 rings (SSSR count). The molecule has 1 aromatic heterocycles. The van der Waals surface area contributed by atoms with E-state index < -0.39 is 0 Å². The first-order valence-electron chi connectivity index (χ1n) is 9.28. The first-order chi connectivity index (χ1) is 13.5. The summed E-state index contributed by atoms with van der Waals surface area (Å²) in [5.74, 6) is 1.09. The molecule has 0 bridgehead atoms. The van der Waals surface area contributed by atoms with Gasteiger partial charge in [0.1, 0.15) is 11.8 Å². The number of fused-ring (bicyclic) bond motifs is 3. The molecule has 28 heavy (non-hydrogen) atoms. The van der Waals surface area contributed by atoms with Crippen molar-refractivity contribution in [3.8, 4) is 6.07 Å². The van der Waals surface area contributed by atoms with E-state index in [0.29, 0.717) is 22.3 Å². The van der Waals surface area contributed by atoms with Gasteiger partial charge in [0.15, 0.2) is 5.17 Å². The Morgan fingerprint density at radius 2 is 2.25 bits per heavy atom. The van der Waals surface area contributed by atoms with Crippen molar-refractivity contribution in [2.45, 2.75) is 31.7 Å². The van der Waals surface area contributed by atoms with E-state index in [0.717, 1.165) is 30.6 Å². The summed E-state index contributed by atoms with van der Waals surface area (Å²) in [6.45, 7) is 2.15. The van der Waals surface area contributed by atoms with Crippen LogP contribution in [0.3, 0.4) is 0 Å². The number of benzene rings is 1. The van der Waals surface area contributed by atoms with Gasteiger partial charge in [-0.05, 0) is 67.5 Å². The molecule has 1 aromatic carbocycles. The molecule has 0 spiro atoms. The molecule has 2 heterocycles. The highest BCUT2D eigenvalue weighted by Gasteiger charge is 2.41. The van der Waals surface area contributed by atoms with E-state index >= 15 is 0 Å². The first-order valence-corrected chi connectivity index (χ1v) is 10.3. The number of nitriles is 1. The lowest BCUT2D eigenvalue weighted by Crippen LogP contribution is -2.37. The Labute approximate surface area is 168 Å². The average Bonchev–Trinajstić information content (AvgIpc) is 2.84. The van der Waals surface area contributed by atoms with Gasteiger partial charge in [-0.3, -0.25) is 9.79 Å². The molecule has 142 valence electrons. The van der Waals surface area contributed by atoms with Crippen LogP contribution in [0.2, 0.25) is 0 Å². The van der Waals surface area contributed by atoms with Crippen molar-refractivity contribution >= 4 is 28.5 Å². The maximum Gasteiger partial charge on any atom is 0.274 e. The van der Waals surface area contributed by atoms with Crippen molar-refractivity contribution in [1.82, 2.24) is 4.98 Å². The van der Waals surface area contributed by atoms with Crippen molar-refractivity contribution in [1.29, 1.82) is 5.26 Å². The molecule has 6 nitrogen and oxygen atoms in total. The van der Waals surface area contributed by atoms with E-state index in [1.807, 2.05) is 18.2 Å². The highest BCUT2D eigenvalue weighted by Crippen LogP contribution is 2.46. The van der Waals surface area contributed by atoms with Gasteiger partial charge in [-0.15, -0.1) is 0 Å². The number of thioether (sulfide) groups is 1. The predicted molar refractivity (Wildman–Crippen MR) is 111 cm³/mol. The number of nitrogens with zero attached hydrogens (tertiary/aromatic N) is 3. The average molecular weight is 392 g/mol. The Morgan fingerprint density at radius 1 is 1.39 bits per heavy atom. The number of pyridine rings is 1. The van der Waals surface area contributed by atoms with Crippen molar-refractivity contribution < 1.29 is 4.79 Å². The van der Waals surface area contributed by atoms with Crippen LogP contribution in [0.1, 0.15) is 46.9 Å². The molecule has 7 heteroatoms. The number of carbonyl (C=O) groups excluding carboxylic acids is 1. The van der Waals surface area contributed by atoms with Gasteiger partial charge in [0.05, 0.1) is 11.1 Å². The third-order valence-electron chi connectivity index (χ3n) is 5.61. The lowest BCUT2D eigenvalue weighted by Gasteiger charge is -2.37. The Balaban J connectivity index is 1.66. The van der Waals surface area contributed by atoms with Gasteiger partial charge < -0.3 is 11.1 Å². The fourth-order valence-corrected chi connectivity index (χ4v) is 5.13. The van der Waals surface area contributed by atoms with Crippen molar-refractivity contribution in [3.05, 3.63) is 58.9 Å². The zero-order valence-electron chi connectivity index (χ0n) is 15.6. The SMILES string of the molecule is C[C@]12N=C(N)SC[C@H]1CCCc1ccc(NC(=O)c3ccc(C#N)cn3)cc12. The topological polar surface area (TPSA) is 104 Å². The molecule has 2 atom stereocenters. The second-order valence-electron chi connectivity index (χ2n) is 7.37. The maximum absolute atomic E-state index is 12.6. The normalized spacial score (nSPS) is 23.4. The van der Waals surface area contributed by atoms with E-state index in [1.165, 1.54) is 11.8 Å². The van der Waals surface area contributed by atoms with Crippen LogP contribution in [0.5, 0.6) is 0 Å². The fraction of sp³-hybridized carbons (Fsp3) is 0.333. The third-order valence-corrected chi connectivity index (χ3v) is 6.56. The van der Waals surface area contributed by atoms with Crippen LogP contribution < -0.4 is 11.1 Å². The minimum absolute atomic E-state index is 0.273. The largest absolute Gasteiger partial charge is 0.379 e. The van der Waals surface area contributed by atoms with Gasteiger partial charge in [0.2, 0.25) is 0 Å². The minimum Gasteiger partial charge on any atom is -0.379 e. The molecule has 0 fully saturated rings. The summed E-state index contributed by atoms with van der Waals surface area (Å²) in [4.78, 5) is 21.5. The molecule has 1 aliphatic carbocycles. The highest BCUT2D eigenvalue weighted by atomic mass is 32.2. The Bertz CT molecular complexity index is 995. The second-order valence-corrected chi connectivity index (χ2v) is 8.41. The minimum atomic E-state index is -0.366. The van der Waals surface area contributed by atoms with Crippen LogP contribution in [0.25, 0.3) is 0 Å². The smallest absolute Gasteiger partial charge is 0.274 e. The summed E-state index contributed by atoms with van der Waals surface area (Å²) in [6, 6.07) is 11.2. The number of rotatable bonds is 2. The number of hydrogen-bond donors (Lipinski definition) is 2. The molecule has 3 N–H and O–H groups in total. The number of amidine groups is 1. The molecule has 2 aromatic rings. The summed E-state index contributed by atoms with van der Waals surface area (Å²) in [5.41, 5.74) is 9.51. The zero-order valence-corrected chi connectivity index (χ0v) is 16.4. The number of aromatic nitrogens is 1. The zero-order chi connectivity index (χ0) is 19.7. The van der Waals surface area contributed by atoms with E-state index in [-0.39, 0.29) is 17.1 Å². The van der Waals surface area contributed by atoms with Gasteiger partial charge in [-0.1, -0.05) is 17.8 Å². The summed E-state index contributed by atoms with van der Waals surface area (Å²) in [7, 11) is 0. The summed E-state index contributed by atoms with van der Waals surface area (Å²) in [5, 5.41) is 12.4. The molecular weight excluding hydrogens is 370 g/mol. The van der Waals surface area contributed by atoms with Crippen molar-refractivity contribution in [2.24, 2.45) is 16.6 Å². The highest BCUT2D eigenvalue weighted by molar-refractivity contribution is 8.13. The van der Waals surface area contributed by atoms with Gasteiger partial charge >= 0.3 is 0 Å². The molecular formula is C21H21N5OS. The van der Waals surface area contributed by atoms with Crippen LogP contribution in [-0.2, 0) is 12.0 Å². The molecule has 0 radical (unpaired) electrons. The Hall–Kier alpha value is -2.85. The standard InChI is InChI=1S/C21H21N5OS/c1-21-15(12-28-20(23)26-21)4-2-3-14-6-7-16(9-17(14)21)25-19(27)18-8-5-13(10-22)11-24-18/h5-9,11,15H,2-4,12H2,1H3,(H2,23,26)(H,25,27)/t15-,21+/m1/s1. The van der Waals surface area contributed by atoms with Crippen molar-refractivity contribution in [3.63, 3.8) is 0 Å². The number of amides is 1. The number of nitrogens with one attached hydrogen (secondary N) is 1. The van der Waals surface area contributed by atoms with Crippen LogP contribution in [0.4, 0.5) is 5.69 Å². The van der Waals surface area contributed by atoms with E-state index in [9.17, 15) is 4.79 Å². The molecule has 0 saturated heterocycles. The van der Waals surface area contributed by atoms with E-state index in [1.54, 1.807) is 23.9 Å². The lowest BCUT2D eigenvalue weighted by molar-refractivity contribution is 0.102. The first kappa shape index (κ1) is 18.5. The van der Waals surface area contributed by atoms with Gasteiger partial charge in [0.25, 0.3) is 5.91 Å². The van der Waals surface area contributed by atoms with Crippen LogP contribution in [0, 0.1) is 17.2 Å². The van der Waals surface area contributed by atoms with E-state index in [2.05, 4.69) is 23.3 Å². The number of hydrogen-bond acceptors (Lipinski definition) is 6. The molecule has 2 aliphatic rings. The summed E-state index contributed by atoms with van der Waals surface area (Å²) >= 11 is 1.63. The lowest BCUT2D eigenvalue weighted by atomic mass is 9.79. The number of carbonyl (C=O) groups is 1. The van der Waals surface area contributed by atoms with Crippen LogP contribution in [0.15, 0.2) is 41.5 Å². The van der Waals surface area contributed by atoms with Gasteiger partial charge in [0, 0.05) is 17.6 Å². The summed E-state index contributed by atoms with van der Waals surface area (Å²) in [6.07, 6.45) is 4.65. The van der Waals surface area contributed by atoms with Crippen LogP contribution >= 0.6 is 11.8 Å². The Kier molecular flexibility index (Phi) is 4.82. The molecule has 1 amide bonds. The van der Waals surface area contributed by atoms with Gasteiger partial charge in [-0.2, -0.15) is 5.26 Å². The monoisotopic (exact) mass is 391 g/mol. The Morgan fingerprint density at radius 3 is 3.00 bits per heavy atom. The second kappa shape index (κ2) is 7.28.